The summed E-state index contributed by atoms with van der Waals surface area (Å²) in [6.45, 7) is 1.89. The monoisotopic (exact) mass is 292 g/mol. The lowest BCUT2D eigenvalue weighted by Gasteiger charge is -2.15. The van der Waals surface area contributed by atoms with E-state index in [1.54, 1.807) is 0 Å². The van der Waals surface area contributed by atoms with Gasteiger partial charge in [-0.25, -0.2) is 5.14 Å². The first-order valence-electron chi connectivity index (χ1n) is 4.48. The smallest absolute Gasteiger partial charge is 0.216 e. The Hall–Kier alpha value is -0.430. The molecule has 1 aromatic rings. The SMILES string of the molecule is CCC(NS(N)(=O)=O)c1ccc(Br)cc1. The van der Waals surface area contributed by atoms with E-state index in [1.165, 1.54) is 0 Å². The second-order valence-corrected chi connectivity index (χ2v) is 5.42. The van der Waals surface area contributed by atoms with Gasteiger partial charge in [0.25, 0.3) is 10.2 Å². The van der Waals surface area contributed by atoms with Crippen LogP contribution >= 0.6 is 15.9 Å². The molecule has 0 aromatic heterocycles. The van der Waals surface area contributed by atoms with Gasteiger partial charge in [0.15, 0.2) is 0 Å². The van der Waals surface area contributed by atoms with Crippen molar-refractivity contribution in [2.75, 3.05) is 0 Å². The molecule has 1 rings (SSSR count). The third-order valence-electron chi connectivity index (χ3n) is 1.99. The molecule has 0 aliphatic heterocycles. The molecule has 0 aliphatic rings. The summed E-state index contributed by atoms with van der Waals surface area (Å²) in [5, 5.41) is 4.93. The lowest BCUT2D eigenvalue weighted by atomic mass is 10.1. The summed E-state index contributed by atoms with van der Waals surface area (Å²) >= 11 is 3.31. The average Bonchev–Trinajstić information content (AvgIpc) is 2.14. The fourth-order valence-electron chi connectivity index (χ4n) is 1.28. The van der Waals surface area contributed by atoms with Gasteiger partial charge >= 0.3 is 0 Å². The van der Waals surface area contributed by atoms with E-state index in [0.717, 1.165) is 10.0 Å². The minimum atomic E-state index is -3.66. The lowest BCUT2D eigenvalue weighted by Crippen LogP contribution is -2.34. The van der Waals surface area contributed by atoms with Crippen molar-refractivity contribution in [2.45, 2.75) is 19.4 Å². The molecule has 0 fully saturated rings. The second kappa shape index (κ2) is 5.07. The van der Waals surface area contributed by atoms with E-state index in [2.05, 4.69) is 20.7 Å². The molecule has 0 bridgehead atoms. The van der Waals surface area contributed by atoms with Crippen molar-refractivity contribution in [3.05, 3.63) is 34.3 Å². The number of halogens is 1. The molecule has 0 heterocycles. The molecule has 0 aliphatic carbocycles. The van der Waals surface area contributed by atoms with Crippen molar-refractivity contribution in [1.29, 1.82) is 0 Å². The van der Waals surface area contributed by atoms with E-state index in [1.807, 2.05) is 31.2 Å². The summed E-state index contributed by atoms with van der Waals surface area (Å²) < 4.78 is 25.1. The third kappa shape index (κ3) is 4.29. The molecule has 1 aromatic carbocycles. The van der Waals surface area contributed by atoms with Gasteiger partial charge in [0.05, 0.1) is 0 Å². The first kappa shape index (κ1) is 12.6. The van der Waals surface area contributed by atoms with E-state index in [4.69, 9.17) is 5.14 Å². The van der Waals surface area contributed by atoms with Gasteiger partial charge in [-0.2, -0.15) is 13.1 Å². The van der Waals surface area contributed by atoms with Crippen molar-refractivity contribution in [3.63, 3.8) is 0 Å². The zero-order valence-electron chi connectivity index (χ0n) is 8.27. The number of rotatable bonds is 4. The van der Waals surface area contributed by atoms with Gasteiger partial charge in [-0.05, 0) is 24.1 Å². The van der Waals surface area contributed by atoms with Crippen LogP contribution in [-0.4, -0.2) is 8.42 Å². The van der Waals surface area contributed by atoms with E-state index < -0.39 is 10.2 Å². The molecule has 1 atom stereocenters. The Balaban J connectivity index is 2.88. The molecule has 0 radical (unpaired) electrons. The maximum atomic E-state index is 10.9. The van der Waals surface area contributed by atoms with Gasteiger partial charge in [0.1, 0.15) is 0 Å². The third-order valence-corrected chi connectivity index (χ3v) is 3.13. The van der Waals surface area contributed by atoms with Crippen LogP contribution in [0.15, 0.2) is 28.7 Å². The van der Waals surface area contributed by atoms with Crippen LogP contribution in [-0.2, 0) is 10.2 Å². The normalized spacial score (nSPS) is 13.8. The van der Waals surface area contributed by atoms with E-state index >= 15 is 0 Å². The van der Waals surface area contributed by atoms with E-state index in [9.17, 15) is 8.42 Å². The highest BCUT2D eigenvalue weighted by molar-refractivity contribution is 9.10. The molecule has 0 amide bonds. The fourth-order valence-corrected chi connectivity index (χ4v) is 2.24. The highest BCUT2D eigenvalue weighted by Gasteiger charge is 2.13. The van der Waals surface area contributed by atoms with E-state index in [-0.39, 0.29) is 6.04 Å². The van der Waals surface area contributed by atoms with Crippen LogP contribution in [0.4, 0.5) is 0 Å². The fraction of sp³-hybridized carbons (Fsp3) is 0.333. The summed E-state index contributed by atoms with van der Waals surface area (Å²) in [4.78, 5) is 0. The summed E-state index contributed by atoms with van der Waals surface area (Å²) in [5.74, 6) is 0. The molecule has 0 saturated heterocycles. The Morgan fingerprint density at radius 3 is 2.33 bits per heavy atom. The number of nitrogens with one attached hydrogen (secondary N) is 1. The van der Waals surface area contributed by atoms with Crippen molar-refractivity contribution in [1.82, 2.24) is 4.72 Å². The zero-order valence-corrected chi connectivity index (χ0v) is 10.7. The Labute approximate surface area is 98.2 Å². The van der Waals surface area contributed by atoms with Crippen LogP contribution < -0.4 is 9.86 Å². The van der Waals surface area contributed by atoms with Gasteiger partial charge in [0.2, 0.25) is 0 Å². The molecular weight excluding hydrogens is 280 g/mol. The van der Waals surface area contributed by atoms with Gasteiger partial charge in [-0.1, -0.05) is 35.0 Å². The van der Waals surface area contributed by atoms with Crippen LogP contribution in [0.2, 0.25) is 0 Å². The molecular formula is C9H13BrN2O2S. The number of nitrogens with two attached hydrogens (primary N) is 1. The van der Waals surface area contributed by atoms with Gasteiger partial charge < -0.3 is 0 Å². The zero-order chi connectivity index (χ0) is 11.5. The molecule has 0 spiro atoms. The molecule has 6 heteroatoms. The predicted octanol–water partition coefficient (Wildman–Crippen LogP) is 1.69. The highest BCUT2D eigenvalue weighted by Crippen LogP contribution is 2.19. The second-order valence-electron chi connectivity index (χ2n) is 3.18. The molecule has 0 saturated carbocycles. The first-order chi connectivity index (χ1) is 6.92. The molecule has 3 N–H and O–H groups in total. The lowest BCUT2D eigenvalue weighted by molar-refractivity contribution is 0.551. The topological polar surface area (TPSA) is 72.2 Å². The summed E-state index contributed by atoms with van der Waals surface area (Å²) in [6.07, 6.45) is 0.651. The van der Waals surface area contributed by atoms with Crippen molar-refractivity contribution in [2.24, 2.45) is 5.14 Å². The van der Waals surface area contributed by atoms with Crippen LogP contribution in [0.1, 0.15) is 24.9 Å². The standard InChI is InChI=1S/C9H13BrN2O2S/c1-2-9(12-15(11,13)14)7-3-5-8(10)6-4-7/h3-6,9,12H,2H2,1H3,(H2,11,13,14). The van der Waals surface area contributed by atoms with Crippen LogP contribution in [0, 0.1) is 0 Å². The molecule has 15 heavy (non-hydrogen) atoms. The van der Waals surface area contributed by atoms with Crippen molar-refractivity contribution < 1.29 is 8.42 Å². The van der Waals surface area contributed by atoms with Gasteiger partial charge in [-0.15, -0.1) is 0 Å². The summed E-state index contributed by atoms with van der Waals surface area (Å²) in [7, 11) is -3.66. The molecule has 84 valence electrons. The Bertz CT molecular complexity index is 416. The summed E-state index contributed by atoms with van der Waals surface area (Å²) in [6, 6.07) is 7.17. The van der Waals surface area contributed by atoms with E-state index in [0.29, 0.717) is 6.42 Å². The molecule has 1 unspecified atom stereocenters. The summed E-state index contributed by atoms with van der Waals surface area (Å²) in [5.41, 5.74) is 0.898. The van der Waals surface area contributed by atoms with Crippen LogP contribution in [0.5, 0.6) is 0 Å². The Kier molecular flexibility index (Phi) is 4.27. The largest absolute Gasteiger partial charge is 0.274 e. The minimum absolute atomic E-state index is 0.270. The van der Waals surface area contributed by atoms with Gasteiger partial charge in [0, 0.05) is 10.5 Å². The molecule has 4 nitrogen and oxygen atoms in total. The maximum absolute atomic E-state index is 10.9. The van der Waals surface area contributed by atoms with Crippen LogP contribution in [0.3, 0.4) is 0 Å². The number of hydrogen-bond donors (Lipinski definition) is 2. The van der Waals surface area contributed by atoms with Crippen molar-refractivity contribution in [3.8, 4) is 0 Å². The minimum Gasteiger partial charge on any atom is -0.216 e. The van der Waals surface area contributed by atoms with Crippen molar-refractivity contribution >= 4 is 26.1 Å². The first-order valence-corrected chi connectivity index (χ1v) is 6.82. The average molecular weight is 293 g/mol. The number of benzene rings is 1. The number of hydrogen-bond acceptors (Lipinski definition) is 2. The Morgan fingerprint density at radius 2 is 1.93 bits per heavy atom. The quantitative estimate of drug-likeness (QED) is 0.886. The Morgan fingerprint density at radius 1 is 1.40 bits per heavy atom. The maximum Gasteiger partial charge on any atom is 0.274 e. The van der Waals surface area contributed by atoms with Crippen LogP contribution in [0.25, 0.3) is 0 Å². The van der Waals surface area contributed by atoms with Gasteiger partial charge in [-0.3, -0.25) is 0 Å². The highest BCUT2D eigenvalue weighted by atomic mass is 79.9. The predicted molar refractivity (Wildman–Crippen MR) is 63.4 cm³/mol.